The Bertz CT molecular complexity index is 280. The summed E-state index contributed by atoms with van der Waals surface area (Å²) in [5.74, 6) is 0.295. The third-order valence-corrected chi connectivity index (χ3v) is 3.62. The third-order valence-electron chi connectivity index (χ3n) is 3.62. The largest absolute Gasteiger partial charge is 0.390 e. The number of amides is 1. The number of carbonyl (C=O) groups is 1. The number of hydrogen-bond acceptors (Lipinski definition) is 4. The van der Waals surface area contributed by atoms with Crippen molar-refractivity contribution in [2.75, 3.05) is 39.9 Å². The molecule has 1 N–H and O–H groups in total. The van der Waals surface area contributed by atoms with E-state index in [0.29, 0.717) is 31.4 Å². The van der Waals surface area contributed by atoms with Gasteiger partial charge in [-0.3, -0.25) is 9.69 Å². The molecule has 0 radical (unpaired) electrons. The maximum atomic E-state index is 11.4. The average Bonchev–Trinajstić information content (AvgIpc) is 2.44. The number of nitrogens with zero attached hydrogens (tertiary/aromatic N) is 2. The Morgan fingerprint density at radius 1 is 1.24 bits per heavy atom. The molecule has 1 saturated heterocycles. The molecule has 5 nitrogen and oxygen atoms in total. The van der Waals surface area contributed by atoms with Gasteiger partial charge in [0.15, 0.2) is 0 Å². The first-order valence-electron chi connectivity index (χ1n) is 7.94. The molecule has 0 aromatic rings. The fourth-order valence-electron chi connectivity index (χ4n) is 2.06. The first kappa shape index (κ1) is 20.3. The highest BCUT2D eigenvalue weighted by molar-refractivity contribution is 5.75. The molecule has 5 heteroatoms. The summed E-state index contributed by atoms with van der Waals surface area (Å²) in [4.78, 5) is 15.7. The Labute approximate surface area is 130 Å². The molecule has 0 aliphatic carbocycles. The summed E-state index contributed by atoms with van der Waals surface area (Å²) in [5, 5.41) is 9.07. The highest BCUT2D eigenvalue weighted by Crippen LogP contribution is 2.07. The number of piperazine rings is 1. The van der Waals surface area contributed by atoms with Gasteiger partial charge in [-0.2, -0.15) is 0 Å². The molecule has 0 spiro atoms. The fraction of sp³-hybridized carbons (Fsp3) is 0.938. The van der Waals surface area contributed by atoms with Crippen LogP contribution in [0.15, 0.2) is 0 Å². The van der Waals surface area contributed by atoms with Gasteiger partial charge in [0.2, 0.25) is 5.91 Å². The molecule has 1 amide bonds. The van der Waals surface area contributed by atoms with Crippen molar-refractivity contribution in [3.63, 3.8) is 0 Å². The van der Waals surface area contributed by atoms with Gasteiger partial charge in [-0.25, -0.2) is 0 Å². The molecule has 0 aromatic carbocycles. The van der Waals surface area contributed by atoms with Crippen molar-refractivity contribution < 1.29 is 14.6 Å². The Kier molecular flexibility index (Phi) is 9.83. The standard InChI is InChI=1S/C10H20N2O.C6H14O2/c1-4-10(13)12-7-5-11(6-8-12)9(2)3;1-6(2,7)4-5-8-3/h9H,4-8H2,1-3H3;7H,4-5H2,1-3H3. The average molecular weight is 302 g/mol. The molecule has 0 atom stereocenters. The predicted octanol–water partition coefficient (Wildman–Crippen LogP) is 1.74. The van der Waals surface area contributed by atoms with Gasteiger partial charge < -0.3 is 14.7 Å². The van der Waals surface area contributed by atoms with Crippen LogP contribution >= 0.6 is 0 Å². The van der Waals surface area contributed by atoms with Crippen LogP contribution in [-0.4, -0.2) is 72.4 Å². The molecule has 1 heterocycles. The van der Waals surface area contributed by atoms with Gasteiger partial charge in [-0.05, 0) is 34.1 Å². The zero-order valence-electron chi connectivity index (χ0n) is 14.7. The quantitative estimate of drug-likeness (QED) is 0.840. The highest BCUT2D eigenvalue weighted by atomic mass is 16.5. The number of ether oxygens (including phenoxy) is 1. The second kappa shape index (κ2) is 10.1. The van der Waals surface area contributed by atoms with E-state index in [0.717, 1.165) is 26.2 Å². The lowest BCUT2D eigenvalue weighted by Crippen LogP contribution is -2.50. The number of methoxy groups -OCH3 is 1. The Morgan fingerprint density at radius 3 is 2.05 bits per heavy atom. The third kappa shape index (κ3) is 9.82. The summed E-state index contributed by atoms with van der Waals surface area (Å²) in [6.45, 7) is 14.4. The second-order valence-electron chi connectivity index (χ2n) is 6.42. The lowest BCUT2D eigenvalue weighted by atomic mass is 10.1. The summed E-state index contributed by atoms with van der Waals surface area (Å²) in [5.41, 5.74) is -0.573. The maximum absolute atomic E-state index is 11.4. The molecule has 0 unspecified atom stereocenters. The fourth-order valence-corrected chi connectivity index (χ4v) is 2.06. The molecule has 1 rings (SSSR count). The van der Waals surface area contributed by atoms with Crippen LogP contribution in [0.5, 0.6) is 0 Å². The van der Waals surface area contributed by atoms with Crippen molar-refractivity contribution >= 4 is 5.91 Å². The summed E-state index contributed by atoms with van der Waals surface area (Å²) in [7, 11) is 1.63. The monoisotopic (exact) mass is 302 g/mol. The van der Waals surface area contributed by atoms with Crippen LogP contribution in [0.1, 0.15) is 47.5 Å². The minimum absolute atomic E-state index is 0.295. The van der Waals surface area contributed by atoms with Crippen LogP contribution < -0.4 is 0 Å². The van der Waals surface area contributed by atoms with E-state index in [1.165, 1.54) is 0 Å². The highest BCUT2D eigenvalue weighted by Gasteiger charge is 2.20. The normalized spacial score (nSPS) is 16.7. The van der Waals surface area contributed by atoms with Gasteiger partial charge in [0.1, 0.15) is 0 Å². The van der Waals surface area contributed by atoms with E-state index in [2.05, 4.69) is 18.7 Å². The Hall–Kier alpha value is -0.650. The van der Waals surface area contributed by atoms with E-state index in [1.807, 2.05) is 11.8 Å². The van der Waals surface area contributed by atoms with E-state index < -0.39 is 5.60 Å². The first-order chi connectivity index (χ1) is 9.71. The van der Waals surface area contributed by atoms with Crippen molar-refractivity contribution in [1.82, 2.24) is 9.80 Å². The predicted molar refractivity (Wildman–Crippen MR) is 86.4 cm³/mol. The lowest BCUT2D eigenvalue weighted by molar-refractivity contribution is -0.132. The van der Waals surface area contributed by atoms with E-state index in [1.54, 1.807) is 21.0 Å². The van der Waals surface area contributed by atoms with Gasteiger partial charge in [-0.15, -0.1) is 0 Å². The van der Waals surface area contributed by atoms with Gasteiger partial charge in [0, 0.05) is 52.4 Å². The van der Waals surface area contributed by atoms with Crippen LogP contribution in [0, 0.1) is 0 Å². The van der Waals surface area contributed by atoms with E-state index in [9.17, 15) is 4.79 Å². The summed E-state index contributed by atoms with van der Waals surface area (Å²) in [6, 6.07) is 0.610. The zero-order valence-corrected chi connectivity index (χ0v) is 14.7. The SMILES string of the molecule is CCC(=O)N1CCN(C(C)C)CC1.COCCC(C)(C)O. The first-order valence-corrected chi connectivity index (χ1v) is 7.94. The van der Waals surface area contributed by atoms with Crippen LogP contribution in [0.2, 0.25) is 0 Å². The van der Waals surface area contributed by atoms with Crippen LogP contribution in [0.3, 0.4) is 0 Å². The van der Waals surface area contributed by atoms with Gasteiger partial charge >= 0.3 is 0 Å². The molecule has 126 valence electrons. The van der Waals surface area contributed by atoms with Crippen LogP contribution in [0.25, 0.3) is 0 Å². The molecule has 0 saturated carbocycles. The van der Waals surface area contributed by atoms with Gasteiger partial charge in [-0.1, -0.05) is 6.92 Å². The lowest BCUT2D eigenvalue weighted by Gasteiger charge is -2.36. The van der Waals surface area contributed by atoms with Crippen molar-refractivity contribution in [2.24, 2.45) is 0 Å². The zero-order chi connectivity index (χ0) is 16.5. The summed E-state index contributed by atoms with van der Waals surface area (Å²) >= 11 is 0. The smallest absolute Gasteiger partial charge is 0.222 e. The molecule has 21 heavy (non-hydrogen) atoms. The number of rotatable bonds is 5. The molecule has 1 aliphatic rings. The van der Waals surface area contributed by atoms with Crippen molar-refractivity contribution in [3.8, 4) is 0 Å². The van der Waals surface area contributed by atoms with E-state index in [-0.39, 0.29) is 0 Å². The van der Waals surface area contributed by atoms with Crippen molar-refractivity contribution in [1.29, 1.82) is 0 Å². The molecule has 1 aliphatic heterocycles. The van der Waals surface area contributed by atoms with Gasteiger partial charge in [0.05, 0.1) is 5.60 Å². The molecule has 0 aromatic heterocycles. The Morgan fingerprint density at radius 2 is 1.76 bits per heavy atom. The topological polar surface area (TPSA) is 53.0 Å². The van der Waals surface area contributed by atoms with E-state index >= 15 is 0 Å². The van der Waals surface area contributed by atoms with E-state index in [4.69, 9.17) is 9.84 Å². The minimum atomic E-state index is -0.573. The molecule has 1 fully saturated rings. The number of aliphatic hydroxyl groups is 1. The van der Waals surface area contributed by atoms with Crippen molar-refractivity contribution in [3.05, 3.63) is 0 Å². The minimum Gasteiger partial charge on any atom is -0.390 e. The maximum Gasteiger partial charge on any atom is 0.222 e. The summed E-state index contributed by atoms with van der Waals surface area (Å²) < 4.78 is 4.76. The second-order valence-corrected chi connectivity index (χ2v) is 6.42. The van der Waals surface area contributed by atoms with Gasteiger partial charge in [0.25, 0.3) is 0 Å². The van der Waals surface area contributed by atoms with Crippen LogP contribution in [-0.2, 0) is 9.53 Å². The Balaban J connectivity index is 0.000000433. The summed E-state index contributed by atoms with van der Waals surface area (Å²) in [6.07, 6.45) is 1.34. The van der Waals surface area contributed by atoms with Crippen molar-refractivity contribution in [2.45, 2.75) is 59.1 Å². The number of carbonyl (C=O) groups excluding carboxylic acids is 1. The molecular formula is C16H34N2O3. The number of hydrogen-bond donors (Lipinski definition) is 1. The molecule has 0 bridgehead atoms. The molecular weight excluding hydrogens is 268 g/mol. The van der Waals surface area contributed by atoms with Crippen LogP contribution in [0.4, 0.5) is 0 Å².